The lowest BCUT2D eigenvalue weighted by molar-refractivity contribution is -0.121. The van der Waals surface area contributed by atoms with Crippen molar-refractivity contribution < 1.29 is 13.2 Å². The number of sulfone groups is 1. The summed E-state index contributed by atoms with van der Waals surface area (Å²) in [4.78, 5) is 11.7. The fourth-order valence-electron chi connectivity index (χ4n) is 2.09. The Bertz CT molecular complexity index is 528. The number of rotatable bonds is 4. The lowest BCUT2D eigenvalue weighted by Crippen LogP contribution is -2.47. The molecule has 19 heavy (non-hydrogen) atoms. The summed E-state index contributed by atoms with van der Waals surface area (Å²) in [5.74, 6) is 0.0828. The van der Waals surface area contributed by atoms with Crippen molar-refractivity contribution >= 4 is 15.7 Å². The first-order valence-electron chi connectivity index (χ1n) is 6.29. The molecule has 2 rings (SSSR count). The summed E-state index contributed by atoms with van der Waals surface area (Å²) in [6.07, 6.45) is 0.200. The molecule has 104 valence electrons. The maximum absolute atomic E-state index is 11.7. The van der Waals surface area contributed by atoms with Crippen molar-refractivity contribution in [3.05, 3.63) is 35.9 Å². The molecule has 2 N–H and O–H groups in total. The van der Waals surface area contributed by atoms with Gasteiger partial charge in [-0.15, -0.1) is 0 Å². The van der Waals surface area contributed by atoms with Crippen molar-refractivity contribution in [1.82, 2.24) is 10.6 Å². The summed E-state index contributed by atoms with van der Waals surface area (Å²) < 4.78 is 22.9. The quantitative estimate of drug-likeness (QED) is 0.820. The molecule has 1 heterocycles. The zero-order valence-electron chi connectivity index (χ0n) is 10.6. The van der Waals surface area contributed by atoms with Gasteiger partial charge in [0.25, 0.3) is 0 Å². The highest BCUT2D eigenvalue weighted by molar-refractivity contribution is 7.91. The van der Waals surface area contributed by atoms with E-state index in [-0.39, 0.29) is 29.9 Å². The van der Waals surface area contributed by atoms with Crippen LogP contribution in [0.25, 0.3) is 0 Å². The predicted molar refractivity (Wildman–Crippen MR) is 73.4 cm³/mol. The molecular formula is C13H18N2O3S. The lowest BCUT2D eigenvalue weighted by atomic mass is 10.2. The van der Waals surface area contributed by atoms with Gasteiger partial charge in [-0.2, -0.15) is 0 Å². The number of carbonyl (C=O) groups excluding carboxylic acids is 1. The number of benzene rings is 1. The minimum absolute atomic E-state index is 0.0474. The minimum Gasteiger partial charge on any atom is -0.352 e. The van der Waals surface area contributed by atoms with Crippen LogP contribution in [-0.4, -0.2) is 38.4 Å². The van der Waals surface area contributed by atoms with E-state index in [1.54, 1.807) is 0 Å². The molecule has 0 radical (unpaired) electrons. The standard InChI is InChI=1S/C13H18N2O3S/c16-13(15-9-11-4-2-1-3-5-11)8-12-10-19(17,18)7-6-14-12/h1-5,12,14H,6-10H2,(H,15,16). The average molecular weight is 282 g/mol. The average Bonchev–Trinajstić information content (AvgIpc) is 2.36. The van der Waals surface area contributed by atoms with Crippen LogP contribution >= 0.6 is 0 Å². The second-order valence-corrected chi connectivity index (χ2v) is 6.96. The van der Waals surface area contributed by atoms with Gasteiger partial charge in [0.15, 0.2) is 9.84 Å². The molecule has 1 saturated heterocycles. The smallest absolute Gasteiger partial charge is 0.221 e. The van der Waals surface area contributed by atoms with Crippen LogP contribution in [0.4, 0.5) is 0 Å². The zero-order valence-corrected chi connectivity index (χ0v) is 11.4. The summed E-state index contributed by atoms with van der Waals surface area (Å²) in [5.41, 5.74) is 1.03. The van der Waals surface area contributed by atoms with Gasteiger partial charge in [-0.1, -0.05) is 30.3 Å². The molecule has 1 atom stereocenters. The van der Waals surface area contributed by atoms with Gasteiger partial charge in [0.05, 0.1) is 11.5 Å². The van der Waals surface area contributed by atoms with E-state index in [1.165, 1.54) is 0 Å². The van der Waals surface area contributed by atoms with Crippen LogP contribution in [0.5, 0.6) is 0 Å². The van der Waals surface area contributed by atoms with Crippen LogP contribution in [0.2, 0.25) is 0 Å². The van der Waals surface area contributed by atoms with E-state index in [4.69, 9.17) is 0 Å². The van der Waals surface area contributed by atoms with Crippen molar-refractivity contribution in [2.24, 2.45) is 0 Å². The maximum Gasteiger partial charge on any atom is 0.221 e. The Morgan fingerprint density at radius 3 is 2.74 bits per heavy atom. The van der Waals surface area contributed by atoms with E-state index >= 15 is 0 Å². The third-order valence-corrected chi connectivity index (χ3v) is 4.80. The molecule has 5 nitrogen and oxygen atoms in total. The first-order valence-corrected chi connectivity index (χ1v) is 8.12. The van der Waals surface area contributed by atoms with Crippen LogP contribution < -0.4 is 10.6 Å². The van der Waals surface area contributed by atoms with Gasteiger partial charge in [-0.05, 0) is 5.56 Å². The van der Waals surface area contributed by atoms with E-state index in [1.807, 2.05) is 30.3 Å². The zero-order chi connectivity index (χ0) is 13.7. The molecule has 1 aliphatic rings. The molecule has 0 spiro atoms. The Balaban J connectivity index is 1.78. The van der Waals surface area contributed by atoms with Crippen molar-refractivity contribution in [3.8, 4) is 0 Å². The van der Waals surface area contributed by atoms with E-state index < -0.39 is 9.84 Å². The number of hydrogen-bond donors (Lipinski definition) is 2. The van der Waals surface area contributed by atoms with Crippen molar-refractivity contribution in [3.63, 3.8) is 0 Å². The van der Waals surface area contributed by atoms with Gasteiger partial charge in [0.2, 0.25) is 5.91 Å². The summed E-state index contributed by atoms with van der Waals surface area (Å²) in [7, 11) is -2.99. The molecular weight excluding hydrogens is 264 g/mol. The molecule has 1 unspecified atom stereocenters. The van der Waals surface area contributed by atoms with Crippen LogP contribution in [0.3, 0.4) is 0 Å². The van der Waals surface area contributed by atoms with Gasteiger partial charge in [-0.3, -0.25) is 4.79 Å². The van der Waals surface area contributed by atoms with E-state index in [0.717, 1.165) is 5.56 Å². The highest BCUT2D eigenvalue weighted by Crippen LogP contribution is 2.05. The second kappa shape index (κ2) is 6.16. The third-order valence-electron chi connectivity index (χ3n) is 3.07. The fraction of sp³-hybridized carbons (Fsp3) is 0.462. The fourth-order valence-corrected chi connectivity index (χ4v) is 3.54. The summed E-state index contributed by atoms with van der Waals surface area (Å²) >= 11 is 0. The summed E-state index contributed by atoms with van der Waals surface area (Å²) in [5, 5.41) is 5.86. The number of hydrogen-bond acceptors (Lipinski definition) is 4. The van der Waals surface area contributed by atoms with Crippen molar-refractivity contribution in [2.75, 3.05) is 18.1 Å². The largest absolute Gasteiger partial charge is 0.352 e. The van der Waals surface area contributed by atoms with E-state index in [0.29, 0.717) is 13.1 Å². The summed E-state index contributed by atoms with van der Waals surface area (Å²) in [6.45, 7) is 0.901. The maximum atomic E-state index is 11.7. The normalized spacial score (nSPS) is 21.8. The highest BCUT2D eigenvalue weighted by atomic mass is 32.2. The predicted octanol–water partition coefficient (Wildman–Crippen LogP) is 0.0795. The topological polar surface area (TPSA) is 75.3 Å². The van der Waals surface area contributed by atoms with Crippen LogP contribution in [0.1, 0.15) is 12.0 Å². The minimum atomic E-state index is -2.99. The SMILES string of the molecule is O=C(CC1CS(=O)(=O)CCN1)NCc1ccccc1. The molecule has 1 fully saturated rings. The summed E-state index contributed by atoms with van der Waals surface area (Å²) in [6, 6.07) is 9.34. The Kier molecular flexibility index (Phi) is 4.55. The van der Waals surface area contributed by atoms with Crippen LogP contribution in [-0.2, 0) is 21.2 Å². The van der Waals surface area contributed by atoms with Crippen molar-refractivity contribution in [1.29, 1.82) is 0 Å². The Labute approximate surface area is 113 Å². The highest BCUT2D eigenvalue weighted by Gasteiger charge is 2.25. The monoisotopic (exact) mass is 282 g/mol. The van der Waals surface area contributed by atoms with Gasteiger partial charge in [0, 0.05) is 25.6 Å². The van der Waals surface area contributed by atoms with Gasteiger partial charge in [0.1, 0.15) is 0 Å². The first-order chi connectivity index (χ1) is 9.05. The van der Waals surface area contributed by atoms with Crippen LogP contribution in [0.15, 0.2) is 30.3 Å². The molecule has 0 bridgehead atoms. The Hall–Kier alpha value is -1.40. The molecule has 0 aromatic heterocycles. The van der Waals surface area contributed by atoms with Gasteiger partial charge < -0.3 is 10.6 Å². The van der Waals surface area contributed by atoms with Crippen molar-refractivity contribution in [2.45, 2.75) is 19.0 Å². The molecule has 0 saturated carbocycles. The molecule has 6 heteroatoms. The van der Waals surface area contributed by atoms with E-state index in [2.05, 4.69) is 10.6 Å². The Morgan fingerprint density at radius 2 is 2.05 bits per heavy atom. The number of amides is 1. The number of carbonyl (C=O) groups is 1. The van der Waals surface area contributed by atoms with Gasteiger partial charge in [-0.25, -0.2) is 8.42 Å². The molecule has 1 amide bonds. The molecule has 1 aromatic carbocycles. The number of nitrogens with one attached hydrogen (secondary N) is 2. The van der Waals surface area contributed by atoms with E-state index in [9.17, 15) is 13.2 Å². The first kappa shape index (κ1) is 14.0. The molecule has 1 aliphatic heterocycles. The van der Waals surface area contributed by atoms with Crippen LogP contribution in [0, 0.1) is 0 Å². The molecule has 0 aliphatic carbocycles. The molecule has 1 aromatic rings. The lowest BCUT2D eigenvalue weighted by Gasteiger charge is -2.23. The second-order valence-electron chi connectivity index (χ2n) is 4.73. The van der Waals surface area contributed by atoms with Gasteiger partial charge >= 0.3 is 0 Å². The Morgan fingerprint density at radius 1 is 1.32 bits per heavy atom. The third kappa shape index (κ3) is 4.65.